The summed E-state index contributed by atoms with van der Waals surface area (Å²) in [4.78, 5) is 1.28. The Balaban J connectivity index is 1.79. The van der Waals surface area contributed by atoms with Gasteiger partial charge in [0.15, 0.2) is 0 Å². The van der Waals surface area contributed by atoms with Crippen LogP contribution in [0.3, 0.4) is 0 Å². The van der Waals surface area contributed by atoms with Gasteiger partial charge in [0.05, 0.1) is 4.90 Å². The zero-order chi connectivity index (χ0) is 16.7. The number of sulfonamides is 1. The zero-order valence-electron chi connectivity index (χ0n) is 12.7. The van der Waals surface area contributed by atoms with Crippen LogP contribution in [0.4, 0.5) is 4.39 Å². The van der Waals surface area contributed by atoms with E-state index >= 15 is 0 Å². The number of nitrogens with one attached hydrogen (secondary N) is 1. The third kappa shape index (κ3) is 5.53. The summed E-state index contributed by atoms with van der Waals surface area (Å²) in [5.74, 6) is 0.877. The fraction of sp³-hybridized carbons (Fsp3) is 0.250. The lowest BCUT2D eigenvalue weighted by Gasteiger charge is -2.07. The first kappa shape index (κ1) is 18.3. The van der Waals surface area contributed by atoms with Crippen molar-refractivity contribution >= 4 is 33.5 Å². The molecule has 0 atom stereocenters. The minimum atomic E-state index is -3.49. The molecule has 0 aliphatic rings. The van der Waals surface area contributed by atoms with E-state index in [2.05, 4.69) is 4.72 Å². The molecule has 2 rings (SSSR count). The fourth-order valence-electron chi connectivity index (χ4n) is 1.88. The van der Waals surface area contributed by atoms with Crippen LogP contribution in [0.15, 0.2) is 58.3 Å². The van der Waals surface area contributed by atoms with Crippen molar-refractivity contribution in [1.82, 2.24) is 4.72 Å². The molecule has 0 radical (unpaired) electrons. The van der Waals surface area contributed by atoms with E-state index in [-0.39, 0.29) is 10.7 Å². The number of hydrogen-bond acceptors (Lipinski definition) is 4. The van der Waals surface area contributed by atoms with E-state index in [0.29, 0.717) is 23.6 Å². The number of rotatable bonds is 8. The van der Waals surface area contributed by atoms with Gasteiger partial charge in [-0.25, -0.2) is 17.5 Å². The summed E-state index contributed by atoms with van der Waals surface area (Å²) in [6, 6.07) is 13.4. The van der Waals surface area contributed by atoms with Gasteiger partial charge in [0, 0.05) is 22.9 Å². The molecule has 0 aromatic heterocycles. The molecule has 0 aliphatic carbocycles. The lowest BCUT2D eigenvalue weighted by Crippen LogP contribution is -2.26. The molecule has 124 valence electrons. The second kappa shape index (κ2) is 8.73. The summed E-state index contributed by atoms with van der Waals surface area (Å²) in [7, 11) is -3.49. The van der Waals surface area contributed by atoms with Crippen molar-refractivity contribution < 1.29 is 12.8 Å². The Bertz CT molecular complexity index is 733. The molecule has 0 amide bonds. The SMILES string of the molecule is CSc1ccc(S(=O)(=O)NCCSCc2ccccc2F)cc1. The van der Waals surface area contributed by atoms with Crippen LogP contribution in [0, 0.1) is 5.82 Å². The Hall–Kier alpha value is -1.02. The molecule has 0 aliphatic heterocycles. The van der Waals surface area contributed by atoms with E-state index in [1.807, 2.05) is 6.26 Å². The van der Waals surface area contributed by atoms with Gasteiger partial charge in [0.2, 0.25) is 10.0 Å². The first-order chi connectivity index (χ1) is 11.0. The van der Waals surface area contributed by atoms with Gasteiger partial charge in [-0.15, -0.1) is 11.8 Å². The first-order valence-electron chi connectivity index (χ1n) is 6.98. The minimum absolute atomic E-state index is 0.227. The lowest BCUT2D eigenvalue weighted by atomic mass is 10.2. The average Bonchev–Trinajstić information content (AvgIpc) is 2.56. The number of thioether (sulfide) groups is 2. The van der Waals surface area contributed by atoms with Crippen LogP contribution < -0.4 is 4.72 Å². The topological polar surface area (TPSA) is 46.2 Å². The summed E-state index contributed by atoms with van der Waals surface area (Å²) in [5, 5.41) is 0. The molecule has 0 unspecified atom stereocenters. The summed E-state index contributed by atoms with van der Waals surface area (Å²) >= 11 is 3.05. The van der Waals surface area contributed by atoms with Gasteiger partial charge in [-0.05, 0) is 42.2 Å². The fourth-order valence-corrected chi connectivity index (χ4v) is 4.30. The van der Waals surface area contributed by atoms with E-state index < -0.39 is 10.0 Å². The Morgan fingerprint density at radius 2 is 1.78 bits per heavy atom. The van der Waals surface area contributed by atoms with Crippen LogP contribution in [0.2, 0.25) is 0 Å². The van der Waals surface area contributed by atoms with E-state index in [1.54, 1.807) is 54.2 Å². The molecule has 0 bridgehead atoms. The first-order valence-corrected chi connectivity index (χ1v) is 10.8. The van der Waals surface area contributed by atoms with Crippen LogP contribution in [0.1, 0.15) is 5.56 Å². The highest BCUT2D eigenvalue weighted by atomic mass is 32.2. The molecule has 0 spiro atoms. The van der Waals surface area contributed by atoms with Crippen LogP contribution >= 0.6 is 23.5 Å². The minimum Gasteiger partial charge on any atom is -0.210 e. The van der Waals surface area contributed by atoms with Crippen molar-refractivity contribution in [2.75, 3.05) is 18.6 Å². The van der Waals surface area contributed by atoms with Gasteiger partial charge in [-0.1, -0.05) is 18.2 Å². The van der Waals surface area contributed by atoms with E-state index in [0.717, 1.165) is 4.90 Å². The van der Waals surface area contributed by atoms with Gasteiger partial charge in [-0.2, -0.15) is 11.8 Å². The Kier molecular flexibility index (Phi) is 6.95. The third-order valence-electron chi connectivity index (χ3n) is 3.12. The van der Waals surface area contributed by atoms with Crippen molar-refractivity contribution in [3.05, 3.63) is 59.9 Å². The van der Waals surface area contributed by atoms with E-state index in [1.165, 1.54) is 17.8 Å². The predicted molar refractivity (Wildman–Crippen MR) is 96.0 cm³/mol. The van der Waals surface area contributed by atoms with Gasteiger partial charge in [-0.3, -0.25) is 0 Å². The maximum atomic E-state index is 13.4. The van der Waals surface area contributed by atoms with Gasteiger partial charge in [0.1, 0.15) is 5.82 Å². The third-order valence-corrected chi connectivity index (χ3v) is 6.35. The highest BCUT2D eigenvalue weighted by molar-refractivity contribution is 7.98. The van der Waals surface area contributed by atoms with E-state index in [9.17, 15) is 12.8 Å². The number of benzene rings is 2. The second-order valence-corrected chi connectivity index (χ2v) is 8.47. The molecule has 0 fully saturated rings. The van der Waals surface area contributed by atoms with Crippen molar-refractivity contribution in [3.63, 3.8) is 0 Å². The van der Waals surface area contributed by atoms with Crippen molar-refractivity contribution in [3.8, 4) is 0 Å². The molecule has 2 aromatic carbocycles. The molecule has 1 N–H and O–H groups in total. The standard InChI is InChI=1S/C16H18FNO2S3/c1-21-14-6-8-15(9-7-14)23(19,20)18-10-11-22-12-13-4-2-3-5-16(13)17/h2-9,18H,10-12H2,1H3. The summed E-state index contributed by atoms with van der Waals surface area (Å²) in [6.07, 6.45) is 1.94. The van der Waals surface area contributed by atoms with Crippen molar-refractivity contribution in [1.29, 1.82) is 0 Å². The number of halogens is 1. The molecule has 23 heavy (non-hydrogen) atoms. The monoisotopic (exact) mass is 371 g/mol. The molecule has 0 heterocycles. The smallest absolute Gasteiger partial charge is 0.210 e. The Morgan fingerprint density at radius 3 is 2.43 bits per heavy atom. The second-order valence-electron chi connectivity index (χ2n) is 4.72. The Morgan fingerprint density at radius 1 is 1.09 bits per heavy atom. The van der Waals surface area contributed by atoms with Crippen molar-refractivity contribution in [2.45, 2.75) is 15.5 Å². The molecule has 3 nitrogen and oxygen atoms in total. The predicted octanol–water partition coefficient (Wildman–Crippen LogP) is 3.76. The highest BCUT2D eigenvalue weighted by Gasteiger charge is 2.12. The quantitative estimate of drug-likeness (QED) is 0.567. The van der Waals surface area contributed by atoms with Crippen LogP contribution in [-0.2, 0) is 15.8 Å². The number of hydrogen-bond donors (Lipinski definition) is 1. The van der Waals surface area contributed by atoms with Gasteiger partial charge >= 0.3 is 0 Å². The Labute approximate surface area is 145 Å². The summed E-state index contributed by atoms with van der Waals surface area (Å²) in [6.45, 7) is 0.311. The average molecular weight is 372 g/mol. The maximum Gasteiger partial charge on any atom is 0.240 e. The van der Waals surface area contributed by atoms with Crippen molar-refractivity contribution in [2.24, 2.45) is 0 Å². The molecule has 2 aromatic rings. The van der Waals surface area contributed by atoms with Gasteiger partial charge in [0.25, 0.3) is 0 Å². The van der Waals surface area contributed by atoms with E-state index in [4.69, 9.17) is 0 Å². The molecular weight excluding hydrogens is 353 g/mol. The molecule has 0 saturated carbocycles. The normalized spacial score (nSPS) is 11.6. The summed E-state index contributed by atoms with van der Waals surface area (Å²) < 4.78 is 40.3. The van der Waals surface area contributed by atoms with Gasteiger partial charge < -0.3 is 0 Å². The summed E-state index contributed by atoms with van der Waals surface area (Å²) in [5.41, 5.74) is 0.632. The van der Waals surface area contributed by atoms with Crippen LogP contribution in [0.5, 0.6) is 0 Å². The molecule has 7 heteroatoms. The lowest BCUT2D eigenvalue weighted by molar-refractivity contribution is 0.584. The van der Waals surface area contributed by atoms with Crippen LogP contribution in [-0.4, -0.2) is 27.0 Å². The maximum absolute atomic E-state index is 13.4. The molecular formula is C16H18FNO2S3. The zero-order valence-corrected chi connectivity index (χ0v) is 15.1. The largest absolute Gasteiger partial charge is 0.240 e. The van der Waals surface area contributed by atoms with Crippen LogP contribution in [0.25, 0.3) is 0 Å². The molecule has 0 saturated heterocycles. The highest BCUT2D eigenvalue weighted by Crippen LogP contribution is 2.18.